The number of aromatic nitrogens is 1. The summed E-state index contributed by atoms with van der Waals surface area (Å²) in [6, 6.07) is 16.1. The molecule has 1 atom stereocenters. The lowest BCUT2D eigenvalue weighted by Crippen LogP contribution is -2.29. The van der Waals surface area contributed by atoms with Crippen LogP contribution in [0.4, 0.5) is 10.1 Å². The molecule has 0 radical (unpaired) electrons. The van der Waals surface area contributed by atoms with Crippen LogP contribution in [0.5, 0.6) is 5.75 Å². The number of nitrogens with zero attached hydrogens (tertiary/aromatic N) is 2. The van der Waals surface area contributed by atoms with E-state index in [1.807, 2.05) is 13.8 Å². The van der Waals surface area contributed by atoms with E-state index >= 15 is 0 Å². The third-order valence-electron chi connectivity index (χ3n) is 5.19. The van der Waals surface area contributed by atoms with E-state index in [0.717, 1.165) is 0 Å². The Bertz CT molecular complexity index is 1220. The Labute approximate surface area is 191 Å². The van der Waals surface area contributed by atoms with Crippen LogP contribution in [0.2, 0.25) is 0 Å². The monoisotopic (exact) mass is 446 g/mol. The van der Waals surface area contributed by atoms with E-state index in [4.69, 9.17) is 4.74 Å². The maximum absolute atomic E-state index is 14.0. The molecule has 0 saturated carbocycles. The number of benzene rings is 2. The Morgan fingerprint density at radius 3 is 2.58 bits per heavy atom. The number of ether oxygens (including phenoxy) is 1. The smallest absolute Gasteiger partial charge is 0.300 e. The third-order valence-corrected chi connectivity index (χ3v) is 5.19. The highest BCUT2D eigenvalue weighted by Gasteiger charge is 2.47. The summed E-state index contributed by atoms with van der Waals surface area (Å²) in [5, 5.41) is 11.2. The summed E-state index contributed by atoms with van der Waals surface area (Å²) in [4.78, 5) is 31.6. The second-order valence-corrected chi connectivity index (χ2v) is 8.14. The zero-order valence-electron chi connectivity index (χ0n) is 18.2. The fourth-order valence-electron chi connectivity index (χ4n) is 3.69. The Morgan fingerprint density at radius 1 is 1.09 bits per heavy atom. The summed E-state index contributed by atoms with van der Waals surface area (Å²) in [6.07, 6.45) is 1.53. The van der Waals surface area contributed by atoms with Crippen LogP contribution in [-0.4, -0.2) is 28.4 Å². The van der Waals surface area contributed by atoms with Crippen molar-refractivity contribution in [3.05, 3.63) is 95.6 Å². The molecule has 2 heterocycles. The molecule has 4 rings (SSSR count). The topological polar surface area (TPSA) is 79.7 Å². The van der Waals surface area contributed by atoms with Crippen LogP contribution in [0, 0.1) is 11.7 Å². The molecule has 3 aromatic rings. The number of halogens is 1. The number of aliphatic hydroxyl groups excluding tert-OH is 1. The van der Waals surface area contributed by atoms with Gasteiger partial charge >= 0.3 is 0 Å². The van der Waals surface area contributed by atoms with E-state index in [1.165, 1.54) is 35.4 Å². The number of hydrogen-bond acceptors (Lipinski definition) is 5. The Morgan fingerprint density at radius 2 is 1.88 bits per heavy atom. The Hall–Kier alpha value is -4.00. The second-order valence-electron chi connectivity index (χ2n) is 8.14. The van der Waals surface area contributed by atoms with E-state index in [0.29, 0.717) is 29.5 Å². The predicted molar refractivity (Wildman–Crippen MR) is 122 cm³/mol. The molecule has 1 saturated heterocycles. The highest BCUT2D eigenvalue weighted by Crippen LogP contribution is 2.41. The van der Waals surface area contributed by atoms with Crippen LogP contribution >= 0.6 is 0 Å². The number of amides is 1. The van der Waals surface area contributed by atoms with E-state index in [2.05, 4.69) is 4.98 Å². The number of rotatable bonds is 6. The fraction of sp³-hybridized carbons (Fsp3) is 0.192. The number of pyridine rings is 1. The molecule has 1 aliphatic heterocycles. The van der Waals surface area contributed by atoms with Gasteiger partial charge in [-0.05, 0) is 48.4 Å². The summed E-state index contributed by atoms with van der Waals surface area (Å²) >= 11 is 0. The number of anilines is 1. The first-order valence-corrected chi connectivity index (χ1v) is 10.6. The van der Waals surface area contributed by atoms with Crippen molar-refractivity contribution in [2.75, 3.05) is 11.5 Å². The van der Waals surface area contributed by atoms with Gasteiger partial charge in [0, 0.05) is 17.4 Å². The molecule has 1 unspecified atom stereocenters. The van der Waals surface area contributed by atoms with E-state index in [1.54, 1.807) is 42.5 Å². The van der Waals surface area contributed by atoms with Crippen molar-refractivity contribution in [2.24, 2.45) is 5.92 Å². The minimum atomic E-state index is -1.02. The fourth-order valence-corrected chi connectivity index (χ4v) is 3.69. The van der Waals surface area contributed by atoms with E-state index in [9.17, 15) is 19.1 Å². The molecule has 7 heteroatoms. The minimum absolute atomic E-state index is 0.121. The van der Waals surface area contributed by atoms with E-state index < -0.39 is 23.5 Å². The number of carbonyl (C=O) groups excluding carboxylic acids is 2. The zero-order chi connectivity index (χ0) is 23.5. The van der Waals surface area contributed by atoms with Gasteiger partial charge in [-0.1, -0.05) is 38.1 Å². The normalized spacial score (nSPS) is 17.6. The van der Waals surface area contributed by atoms with Gasteiger partial charge < -0.3 is 9.84 Å². The van der Waals surface area contributed by atoms with Crippen molar-refractivity contribution in [1.82, 2.24) is 4.98 Å². The standard InChI is InChI=1S/C26H23FN2O4/c1-16(2)15-33-20-10-5-7-17(13-20)24(30)22-23(21-11-3-4-12-28-21)29(26(32)25(22)31)19-9-6-8-18(27)14-19/h3-14,16,23,30H,15H2,1-2H3/b24-22+. The van der Waals surface area contributed by atoms with Crippen LogP contribution in [0.25, 0.3) is 5.76 Å². The molecular formula is C26H23FN2O4. The van der Waals surface area contributed by atoms with E-state index in [-0.39, 0.29) is 17.0 Å². The molecule has 168 valence electrons. The quantitative estimate of drug-likeness (QED) is 0.332. The first-order valence-electron chi connectivity index (χ1n) is 10.6. The van der Waals surface area contributed by atoms with Crippen molar-refractivity contribution >= 4 is 23.1 Å². The van der Waals surface area contributed by atoms with Gasteiger partial charge in [-0.2, -0.15) is 0 Å². The van der Waals surface area contributed by atoms with Crippen molar-refractivity contribution in [3.8, 4) is 5.75 Å². The van der Waals surface area contributed by atoms with Gasteiger partial charge in [0.2, 0.25) is 0 Å². The molecule has 6 nitrogen and oxygen atoms in total. The number of Topliss-reactive ketones (excluding diaryl/α,β-unsaturated/α-hetero) is 1. The number of aliphatic hydroxyl groups is 1. The Kier molecular flexibility index (Phi) is 6.22. The van der Waals surface area contributed by atoms with Gasteiger partial charge in [0.25, 0.3) is 11.7 Å². The average Bonchev–Trinajstić information content (AvgIpc) is 3.08. The first-order chi connectivity index (χ1) is 15.9. The molecule has 33 heavy (non-hydrogen) atoms. The van der Waals surface area contributed by atoms with Crippen LogP contribution in [0.15, 0.2) is 78.5 Å². The molecule has 1 N–H and O–H groups in total. The minimum Gasteiger partial charge on any atom is -0.507 e. The lowest BCUT2D eigenvalue weighted by atomic mass is 9.98. The van der Waals surface area contributed by atoms with Gasteiger partial charge in [0.15, 0.2) is 0 Å². The van der Waals surface area contributed by atoms with Crippen molar-refractivity contribution in [3.63, 3.8) is 0 Å². The Balaban J connectivity index is 1.85. The van der Waals surface area contributed by atoms with Gasteiger partial charge in [-0.15, -0.1) is 0 Å². The maximum atomic E-state index is 14.0. The molecule has 0 spiro atoms. The summed E-state index contributed by atoms with van der Waals surface area (Å²) in [7, 11) is 0. The largest absolute Gasteiger partial charge is 0.507 e. The number of carbonyl (C=O) groups is 2. The average molecular weight is 446 g/mol. The molecule has 1 amide bonds. The predicted octanol–water partition coefficient (Wildman–Crippen LogP) is 4.88. The lowest BCUT2D eigenvalue weighted by molar-refractivity contribution is -0.132. The number of ketones is 1. The zero-order valence-corrected chi connectivity index (χ0v) is 18.2. The van der Waals surface area contributed by atoms with Gasteiger partial charge in [-0.3, -0.25) is 19.5 Å². The van der Waals surface area contributed by atoms with Crippen molar-refractivity contribution in [1.29, 1.82) is 0 Å². The molecule has 0 aliphatic carbocycles. The lowest BCUT2D eigenvalue weighted by Gasteiger charge is -2.24. The summed E-state index contributed by atoms with van der Waals surface area (Å²) in [6.45, 7) is 4.53. The number of hydrogen-bond donors (Lipinski definition) is 1. The highest BCUT2D eigenvalue weighted by molar-refractivity contribution is 6.51. The van der Waals surface area contributed by atoms with Gasteiger partial charge in [0.05, 0.1) is 17.9 Å². The SMILES string of the molecule is CC(C)COc1cccc(/C(O)=C2\C(=O)C(=O)N(c3cccc(F)c3)C2c2ccccn2)c1. The maximum Gasteiger partial charge on any atom is 0.300 e. The van der Waals surface area contributed by atoms with Crippen LogP contribution in [-0.2, 0) is 9.59 Å². The molecule has 2 aromatic carbocycles. The summed E-state index contributed by atoms with van der Waals surface area (Å²) < 4.78 is 19.7. The molecular weight excluding hydrogens is 423 g/mol. The summed E-state index contributed by atoms with van der Waals surface area (Å²) in [5.41, 5.74) is 0.772. The van der Waals surface area contributed by atoms with Crippen molar-refractivity contribution < 1.29 is 23.8 Å². The highest BCUT2D eigenvalue weighted by atomic mass is 19.1. The molecule has 1 fully saturated rings. The van der Waals surface area contributed by atoms with Crippen LogP contribution in [0.1, 0.15) is 31.1 Å². The van der Waals surface area contributed by atoms with Crippen LogP contribution in [0.3, 0.4) is 0 Å². The molecule has 0 bridgehead atoms. The second kappa shape index (κ2) is 9.24. The van der Waals surface area contributed by atoms with Crippen LogP contribution < -0.4 is 9.64 Å². The summed E-state index contributed by atoms with van der Waals surface area (Å²) in [5.74, 6) is -1.81. The van der Waals surface area contributed by atoms with Gasteiger partial charge in [-0.25, -0.2) is 4.39 Å². The van der Waals surface area contributed by atoms with Crippen molar-refractivity contribution in [2.45, 2.75) is 19.9 Å². The third kappa shape index (κ3) is 4.48. The molecule has 1 aromatic heterocycles. The molecule has 1 aliphatic rings. The van der Waals surface area contributed by atoms with Gasteiger partial charge in [0.1, 0.15) is 23.4 Å². The first kappa shape index (κ1) is 22.2.